The summed E-state index contributed by atoms with van der Waals surface area (Å²) < 4.78 is 0. The summed E-state index contributed by atoms with van der Waals surface area (Å²) in [7, 11) is 0. The van der Waals surface area contributed by atoms with Gasteiger partial charge in [0.05, 0.1) is 6.61 Å². The summed E-state index contributed by atoms with van der Waals surface area (Å²) >= 11 is 0. The highest BCUT2D eigenvalue weighted by atomic mass is 16.4. The molecule has 0 bridgehead atoms. The van der Waals surface area contributed by atoms with E-state index in [0.717, 1.165) is 47.1 Å². The van der Waals surface area contributed by atoms with E-state index in [4.69, 9.17) is 0 Å². The summed E-state index contributed by atoms with van der Waals surface area (Å²) in [5.41, 5.74) is 4.93. The van der Waals surface area contributed by atoms with E-state index in [1.54, 1.807) is 0 Å². The average Bonchev–Trinajstić information content (AvgIpc) is 2.37. The molecule has 0 aliphatic heterocycles. The van der Waals surface area contributed by atoms with Crippen LogP contribution in [0, 0.1) is 11.3 Å². The third-order valence-corrected chi connectivity index (χ3v) is 3.15. The smallest absolute Gasteiger partial charge is 0.337 e. The number of hydrogen-bond acceptors (Lipinski definition) is 2. The van der Waals surface area contributed by atoms with Crippen LogP contribution in [0.2, 0.25) is 0 Å². The summed E-state index contributed by atoms with van der Waals surface area (Å²) in [5.74, 6) is 0. The number of aryl methyl sites for hydroxylation is 2. The van der Waals surface area contributed by atoms with Crippen molar-refractivity contribution in [3.8, 4) is 6.07 Å². The van der Waals surface area contributed by atoms with Gasteiger partial charge in [-0.3, -0.25) is 0 Å². The minimum absolute atomic E-state index is 0.00385. The highest BCUT2D eigenvalue weighted by Gasteiger charge is 2.16. The average molecular weight is 233 g/mol. The lowest BCUT2D eigenvalue weighted by molar-refractivity contribution is 0.279. The highest BCUT2D eigenvalue weighted by molar-refractivity contribution is 5.53. The molecule has 3 nitrogen and oxygen atoms in total. The molecule has 0 saturated heterocycles. The van der Waals surface area contributed by atoms with Crippen molar-refractivity contribution in [1.29, 1.82) is 0 Å². The monoisotopic (exact) mass is 233 g/mol. The summed E-state index contributed by atoms with van der Waals surface area (Å²) in [5, 5.41) is 22.7. The number of rotatable bonds is 4. The molecule has 1 N–H and O–H groups in total. The standard InChI is InChI=1S/C14H19NO2/c1-4-10-7-11(5-2)14(9-16)12(6-3)13(10)8-15-17/h7,16H,4-6,9H2,1-3H3. The maximum absolute atomic E-state index is 10.4. The van der Waals surface area contributed by atoms with Gasteiger partial charge in [-0.15, -0.1) is 0 Å². The summed E-state index contributed by atoms with van der Waals surface area (Å²) in [6, 6.07) is 4.58. The highest BCUT2D eigenvalue weighted by Crippen LogP contribution is 2.25. The fourth-order valence-corrected chi connectivity index (χ4v) is 2.27. The topological polar surface area (TPSA) is 47.6 Å². The number of hydrogen-bond donors (Lipinski definition) is 1. The zero-order valence-electron chi connectivity index (χ0n) is 10.7. The van der Waals surface area contributed by atoms with Gasteiger partial charge in [0.25, 0.3) is 0 Å². The molecule has 17 heavy (non-hydrogen) atoms. The van der Waals surface area contributed by atoms with E-state index in [1.165, 1.54) is 0 Å². The molecule has 0 amide bonds. The Morgan fingerprint density at radius 3 is 2.18 bits per heavy atom. The first-order valence-electron chi connectivity index (χ1n) is 6.09. The van der Waals surface area contributed by atoms with Gasteiger partial charge in [-0.05, 0) is 41.5 Å². The lowest BCUT2D eigenvalue weighted by atomic mass is 9.89. The van der Waals surface area contributed by atoms with Crippen LogP contribution in [0.1, 0.15) is 48.6 Å². The first-order valence-corrected chi connectivity index (χ1v) is 6.09. The molecule has 0 atom stereocenters. The van der Waals surface area contributed by atoms with E-state index in [-0.39, 0.29) is 6.61 Å². The summed E-state index contributed by atoms with van der Waals surface area (Å²) in [4.78, 5) is 0. The lowest BCUT2D eigenvalue weighted by Crippen LogP contribution is -2.05. The Kier molecular flexibility index (Phi) is 4.99. The van der Waals surface area contributed by atoms with Crippen LogP contribution in [0.3, 0.4) is 0 Å². The predicted octanol–water partition coefficient (Wildman–Crippen LogP) is 3.04. The van der Waals surface area contributed by atoms with E-state index < -0.39 is 0 Å². The molecule has 0 aliphatic carbocycles. The number of aliphatic hydroxyl groups is 1. The zero-order valence-corrected chi connectivity index (χ0v) is 10.7. The lowest BCUT2D eigenvalue weighted by Gasteiger charge is -2.14. The first kappa shape index (κ1) is 13.5. The molecule has 1 aromatic rings. The largest absolute Gasteiger partial charge is 0.498 e. The Morgan fingerprint density at radius 2 is 1.76 bits per heavy atom. The van der Waals surface area contributed by atoms with Gasteiger partial charge in [0, 0.05) is 5.01 Å². The molecule has 92 valence electrons. The van der Waals surface area contributed by atoms with Gasteiger partial charge in [0.2, 0.25) is 0 Å². The molecule has 0 spiro atoms. The van der Waals surface area contributed by atoms with E-state index in [0.29, 0.717) is 0 Å². The molecule has 0 unspecified atom stereocenters. The fourth-order valence-electron chi connectivity index (χ4n) is 2.27. The molecule has 0 aliphatic rings. The molecule has 1 rings (SSSR count). The van der Waals surface area contributed by atoms with Crippen molar-refractivity contribution in [3.63, 3.8) is 0 Å². The normalized spacial score (nSPS) is 9.88. The third-order valence-electron chi connectivity index (χ3n) is 3.15. The van der Waals surface area contributed by atoms with Crippen LogP contribution < -0.4 is 0 Å². The van der Waals surface area contributed by atoms with Crippen LogP contribution >= 0.6 is 0 Å². The molecule has 0 aromatic heterocycles. The maximum Gasteiger partial charge on any atom is 0.337 e. The Balaban J connectivity index is 3.59. The van der Waals surface area contributed by atoms with Crippen molar-refractivity contribution < 1.29 is 5.11 Å². The van der Waals surface area contributed by atoms with Crippen molar-refractivity contribution in [2.75, 3.05) is 0 Å². The predicted molar refractivity (Wildman–Crippen MR) is 70.2 cm³/mol. The van der Waals surface area contributed by atoms with Gasteiger partial charge in [-0.1, -0.05) is 26.8 Å². The van der Waals surface area contributed by atoms with Crippen LogP contribution in [-0.2, 0) is 25.9 Å². The fraction of sp³-hybridized carbons (Fsp3) is 0.500. The molecule has 3 heteroatoms. The van der Waals surface area contributed by atoms with Crippen molar-refractivity contribution in [3.05, 3.63) is 44.1 Å². The van der Waals surface area contributed by atoms with Crippen LogP contribution in [0.5, 0.6) is 0 Å². The molecular formula is C14H19NO2. The van der Waals surface area contributed by atoms with Crippen molar-refractivity contribution in [2.45, 2.75) is 46.6 Å². The van der Waals surface area contributed by atoms with E-state index in [1.807, 2.05) is 13.8 Å². The zero-order chi connectivity index (χ0) is 12.8. The Hall–Kier alpha value is -1.53. The minimum atomic E-state index is 0.00385. The van der Waals surface area contributed by atoms with Crippen LogP contribution in [-0.4, -0.2) is 5.11 Å². The first-order chi connectivity index (χ1) is 8.23. The van der Waals surface area contributed by atoms with Gasteiger partial charge in [0.15, 0.2) is 0 Å². The Morgan fingerprint density at radius 1 is 1.12 bits per heavy atom. The molecule has 0 heterocycles. The molecule has 0 saturated carbocycles. The van der Waals surface area contributed by atoms with Gasteiger partial charge in [-0.25, -0.2) is 0 Å². The van der Waals surface area contributed by atoms with Gasteiger partial charge >= 0.3 is 6.07 Å². The minimum Gasteiger partial charge on any atom is -0.498 e. The Labute approximate surface area is 102 Å². The molecule has 1 aromatic carbocycles. The molecule has 0 radical (unpaired) electrons. The number of aliphatic hydroxyl groups excluding tert-OH is 1. The summed E-state index contributed by atoms with van der Waals surface area (Å²) in [6.07, 6.45) is 2.49. The van der Waals surface area contributed by atoms with Crippen LogP contribution in [0.4, 0.5) is 0 Å². The molecular weight excluding hydrogens is 214 g/mol. The van der Waals surface area contributed by atoms with Crippen LogP contribution in [0.25, 0.3) is 5.01 Å². The van der Waals surface area contributed by atoms with Crippen molar-refractivity contribution in [1.82, 2.24) is 0 Å². The third kappa shape index (κ3) is 2.59. The van der Waals surface area contributed by atoms with E-state index in [9.17, 15) is 10.3 Å². The van der Waals surface area contributed by atoms with Crippen molar-refractivity contribution >= 4 is 0 Å². The summed E-state index contributed by atoms with van der Waals surface area (Å²) in [6.45, 7) is 6.13. The van der Waals surface area contributed by atoms with Gasteiger partial charge in [0.1, 0.15) is 5.56 Å². The van der Waals surface area contributed by atoms with Crippen LogP contribution in [0.15, 0.2) is 6.07 Å². The second-order valence-corrected chi connectivity index (χ2v) is 3.95. The maximum atomic E-state index is 10.4. The number of nitrogens with zero attached hydrogens (tertiary/aromatic N) is 1. The van der Waals surface area contributed by atoms with Crippen molar-refractivity contribution in [2.24, 2.45) is 0 Å². The van der Waals surface area contributed by atoms with Gasteiger partial charge in [-0.2, -0.15) is 0 Å². The SMILES string of the molecule is CCc1cc(CC)c(CO)c(CC)c1C#[N+][O-]. The van der Waals surface area contributed by atoms with Gasteiger partial charge < -0.3 is 10.3 Å². The quantitative estimate of drug-likeness (QED) is 0.812. The second-order valence-electron chi connectivity index (χ2n) is 3.95. The molecule has 0 fully saturated rings. The van der Waals surface area contributed by atoms with E-state index >= 15 is 0 Å². The number of benzene rings is 1. The Bertz CT molecular complexity index is 456. The second kappa shape index (κ2) is 6.27. The van der Waals surface area contributed by atoms with E-state index in [2.05, 4.69) is 24.1 Å².